The van der Waals surface area contributed by atoms with Gasteiger partial charge in [0.15, 0.2) is 5.82 Å². The van der Waals surface area contributed by atoms with E-state index < -0.39 is 16.3 Å². The van der Waals surface area contributed by atoms with Crippen LogP contribution in [0.3, 0.4) is 0 Å². The minimum absolute atomic E-state index is 0.0205. The molecule has 0 fully saturated rings. The lowest BCUT2D eigenvalue weighted by Crippen LogP contribution is -2.39. The molecule has 1 aliphatic rings. The lowest BCUT2D eigenvalue weighted by atomic mass is 10.1. The zero-order valence-electron chi connectivity index (χ0n) is 16.5. The number of benzene rings is 1. The number of ether oxygens (including phenoxy) is 2. The summed E-state index contributed by atoms with van der Waals surface area (Å²) in [6.07, 6.45) is 1.14. The quantitative estimate of drug-likeness (QED) is 0.658. The van der Waals surface area contributed by atoms with Crippen LogP contribution in [0.15, 0.2) is 40.5 Å². The Hall–Kier alpha value is -2.33. The topological polar surface area (TPSA) is 102 Å². The molecule has 2 aromatic rings. The highest BCUT2D eigenvalue weighted by molar-refractivity contribution is 7.92. The molecule has 2 heterocycles. The lowest BCUT2D eigenvalue weighted by Gasteiger charge is -2.26. The molecule has 0 bridgehead atoms. The van der Waals surface area contributed by atoms with Gasteiger partial charge in [-0.1, -0.05) is 30.3 Å². The van der Waals surface area contributed by atoms with E-state index in [9.17, 15) is 13.2 Å². The van der Waals surface area contributed by atoms with Gasteiger partial charge in [0.05, 0.1) is 11.3 Å². The average molecular weight is 420 g/mol. The predicted octanol–water partition coefficient (Wildman–Crippen LogP) is 2.20. The number of aromatic amines is 1. The molecule has 1 N–H and O–H groups in total. The van der Waals surface area contributed by atoms with Gasteiger partial charge in [0.1, 0.15) is 0 Å². The number of aromatic nitrogens is 2. The van der Waals surface area contributed by atoms with Crippen molar-refractivity contribution in [1.82, 2.24) is 14.3 Å². The highest BCUT2D eigenvalue weighted by Crippen LogP contribution is 2.21. The Bertz CT molecular complexity index is 1010. The van der Waals surface area contributed by atoms with Gasteiger partial charge >= 0.3 is 0 Å². The monoisotopic (exact) mass is 419 g/mol. The second kappa shape index (κ2) is 9.45. The summed E-state index contributed by atoms with van der Waals surface area (Å²) < 4.78 is 37.7. The minimum atomic E-state index is -3.66. The zero-order chi connectivity index (χ0) is 20.9. The molecule has 0 radical (unpaired) electrons. The molecular formula is C20H25N3O5S. The van der Waals surface area contributed by atoms with Crippen LogP contribution in [0, 0.1) is 0 Å². The van der Waals surface area contributed by atoms with Gasteiger partial charge in [-0.25, -0.2) is 13.4 Å². The van der Waals surface area contributed by atoms with Crippen molar-refractivity contribution in [1.29, 1.82) is 0 Å². The second-order valence-corrected chi connectivity index (χ2v) is 8.28. The molecule has 0 aliphatic carbocycles. The van der Waals surface area contributed by atoms with Crippen molar-refractivity contribution in [2.45, 2.75) is 33.1 Å². The maximum absolute atomic E-state index is 12.7. The van der Waals surface area contributed by atoms with Crippen molar-refractivity contribution in [2.24, 2.45) is 0 Å². The van der Waals surface area contributed by atoms with E-state index in [0.29, 0.717) is 36.7 Å². The van der Waals surface area contributed by atoms with Gasteiger partial charge in [-0.2, -0.15) is 4.31 Å². The number of fused-ring (bicyclic) bond motifs is 1. The zero-order valence-corrected chi connectivity index (χ0v) is 17.3. The molecule has 0 amide bonds. The maximum atomic E-state index is 12.7. The van der Waals surface area contributed by atoms with Crippen LogP contribution in [0.25, 0.3) is 6.08 Å². The van der Waals surface area contributed by atoms with Gasteiger partial charge in [0.25, 0.3) is 5.56 Å². The summed E-state index contributed by atoms with van der Waals surface area (Å²) in [6.45, 7) is 4.70. The Morgan fingerprint density at radius 2 is 1.90 bits per heavy atom. The summed E-state index contributed by atoms with van der Waals surface area (Å²) in [5.41, 5.74) is 1.34. The van der Waals surface area contributed by atoms with Crippen LogP contribution >= 0.6 is 0 Å². The third kappa shape index (κ3) is 5.18. The van der Waals surface area contributed by atoms with Crippen molar-refractivity contribution in [2.75, 3.05) is 19.8 Å². The fourth-order valence-electron chi connectivity index (χ4n) is 3.07. The van der Waals surface area contributed by atoms with Crippen molar-refractivity contribution in [3.05, 3.63) is 68.7 Å². The molecule has 0 spiro atoms. The Morgan fingerprint density at radius 3 is 2.55 bits per heavy atom. The summed E-state index contributed by atoms with van der Waals surface area (Å²) in [5, 5.41) is 1.17. The van der Waals surface area contributed by atoms with E-state index >= 15 is 0 Å². The molecule has 8 nitrogen and oxygen atoms in total. The summed E-state index contributed by atoms with van der Waals surface area (Å²) in [7, 11) is -3.66. The van der Waals surface area contributed by atoms with Crippen molar-refractivity contribution >= 4 is 16.1 Å². The fraction of sp³-hybridized carbons (Fsp3) is 0.400. The highest BCUT2D eigenvalue weighted by Gasteiger charge is 2.29. The molecule has 1 aromatic carbocycles. The first-order valence-electron chi connectivity index (χ1n) is 9.53. The largest absolute Gasteiger partial charge is 0.346 e. The lowest BCUT2D eigenvalue weighted by molar-refractivity contribution is -0.145. The average Bonchev–Trinajstić information content (AvgIpc) is 2.72. The number of nitrogens with zero attached hydrogens (tertiary/aromatic N) is 2. The van der Waals surface area contributed by atoms with Gasteiger partial charge in [0, 0.05) is 38.1 Å². The number of H-pyrrole nitrogens is 1. The van der Waals surface area contributed by atoms with Crippen molar-refractivity contribution in [3.8, 4) is 0 Å². The molecule has 3 rings (SSSR count). The molecule has 0 unspecified atom stereocenters. The first kappa shape index (κ1) is 21.4. The van der Waals surface area contributed by atoms with E-state index in [2.05, 4.69) is 9.97 Å². The van der Waals surface area contributed by atoms with Crippen LogP contribution in [0.5, 0.6) is 0 Å². The van der Waals surface area contributed by atoms with Gasteiger partial charge in [-0.15, -0.1) is 0 Å². The van der Waals surface area contributed by atoms with E-state index in [-0.39, 0.29) is 18.6 Å². The molecule has 9 heteroatoms. The van der Waals surface area contributed by atoms with Gasteiger partial charge < -0.3 is 14.5 Å². The minimum Gasteiger partial charge on any atom is -0.346 e. The van der Waals surface area contributed by atoms with Gasteiger partial charge in [-0.3, -0.25) is 4.79 Å². The number of hydrogen-bond donors (Lipinski definition) is 1. The molecule has 1 aliphatic heterocycles. The van der Waals surface area contributed by atoms with Crippen LogP contribution in [0.1, 0.15) is 42.8 Å². The Balaban J connectivity index is 1.82. The van der Waals surface area contributed by atoms with Gasteiger partial charge in [-0.05, 0) is 25.5 Å². The summed E-state index contributed by atoms with van der Waals surface area (Å²) in [6, 6.07) is 9.18. The predicted molar refractivity (Wildman–Crippen MR) is 109 cm³/mol. The van der Waals surface area contributed by atoms with Crippen molar-refractivity contribution in [3.63, 3.8) is 0 Å². The highest BCUT2D eigenvalue weighted by atomic mass is 32.2. The van der Waals surface area contributed by atoms with Crippen molar-refractivity contribution < 1.29 is 17.9 Å². The first-order chi connectivity index (χ1) is 13.9. The van der Waals surface area contributed by atoms with Crippen LogP contribution in [0.4, 0.5) is 0 Å². The third-order valence-corrected chi connectivity index (χ3v) is 6.01. The normalized spacial score (nSPS) is 15.1. The molecule has 0 atom stereocenters. The van der Waals surface area contributed by atoms with E-state index in [1.807, 2.05) is 44.2 Å². The molecule has 0 saturated carbocycles. The third-order valence-electron chi connectivity index (χ3n) is 4.50. The van der Waals surface area contributed by atoms with Crippen LogP contribution in [0.2, 0.25) is 0 Å². The van der Waals surface area contributed by atoms with Crippen LogP contribution < -0.4 is 5.56 Å². The Kier molecular flexibility index (Phi) is 6.96. The van der Waals surface area contributed by atoms with Gasteiger partial charge in [0.2, 0.25) is 16.3 Å². The summed E-state index contributed by atoms with van der Waals surface area (Å²) in [4.78, 5) is 19.8. The number of sulfonamides is 1. The summed E-state index contributed by atoms with van der Waals surface area (Å²) >= 11 is 0. The Morgan fingerprint density at radius 1 is 1.21 bits per heavy atom. The van der Waals surface area contributed by atoms with Crippen LogP contribution in [-0.4, -0.2) is 42.4 Å². The number of nitrogens with one attached hydrogen (secondary N) is 1. The summed E-state index contributed by atoms with van der Waals surface area (Å²) in [5.74, 6) is 0.303. The van der Waals surface area contributed by atoms with E-state index in [4.69, 9.17) is 9.47 Å². The van der Waals surface area contributed by atoms with Crippen LogP contribution in [-0.2, 0) is 32.5 Å². The molecule has 0 saturated heterocycles. The maximum Gasteiger partial charge on any atom is 0.255 e. The second-order valence-electron chi connectivity index (χ2n) is 6.46. The standard InChI is InChI=1S/C20H25N3O5S/c1-3-27-20(28-4-2)18-21-17-10-12-23(14-16(17)19(24)22-18)29(25,26)13-11-15-8-6-5-7-9-15/h5-9,11,13,20H,3-4,10,12,14H2,1-2H3,(H,21,22,24)/b13-11+. The first-order valence-corrected chi connectivity index (χ1v) is 11.0. The van der Waals surface area contributed by atoms with E-state index in [1.165, 1.54) is 9.71 Å². The molecule has 1 aromatic heterocycles. The number of hydrogen-bond acceptors (Lipinski definition) is 6. The number of rotatable bonds is 8. The smallest absolute Gasteiger partial charge is 0.255 e. The molecule has 156 valence electrons. The van der Waals surface area contributed by atoms with E-state index in [1.54, 1.807) is 6.08 Å². The fourth-order valence-corrected chi connectivity index (χ4v) is 4.23. The Labute approximate surface area is 170 Å². The SMILES string of the molecule is CCOC(OCC)c1nc2c(c(=O)[nH]1)CN(S(=O)(=O)/C=C/c1ccccc1)CC2. The molecule has 29 heavy (non-hydrogen) atoms. The van der Waals surface area contributed by atoms with E-state index in [0.717, 1.165) is 5.56 Å². The molecular weight excluding hydrogens is 394 g/mol.